The van der Waals surface area contributed by atoms with Crippen LogP contribution in [0.25, 0.3) is 0 Å². The lowest BCUT2D eigenvalue weighted by Crippen LogP contribution is -2.00. The number of aliphatic imine (C=N–C) groups is 1. The number of hydrogen-bond donors (Lipinski definition) is 1. The van der Waals surface area contributed by atoms with Gasteiger partial charge in [-0.25, -0.2) is 0 Å². The van der Waals surface area contributed by atoms with E-state index in [-0.39, 0.29) is 12.4 Å². The maximum Gasteiger partial charge on any atom is 0.159 e. The van der Waals surface area contributed by atoms with Gasteiger partial charge in [0.2, 0.25) is 0 Å². The van der Waals surface area contributed by atoms with Crippen molar-refractivity contribution < 1.29 is 9.90 Å². The standard InChI is InChI=1S/C13H15NO2/c1-9(16)10-4-5-13-11(7-10)8-12(14-13)3-2-6-15/h4-5,7,15H,2-3,6,8H2,1H3. The normalized spacial score (nSPS) is 13.5. The van der Waals surface area contributed by atoms with Gasteiger partial charge in [0.05, 0.1) is 5.69 Å². The summed E-state index contributed by atoms with van der Waals surface area (Å²) in [5.41, 5.74) is 3.95. The van der Waals surface area contributed by atoms with Crippen molar-refractivity contribution in [1.29, 1.82) is 0 Å². The van der Waals surface area contributed by atoms with E-state index in [0.29, 0.717) is 0 Å². The maximum absolute atomic E-state index is 11.2. The molecule has 1 aliphatic heterocycles. The van der Waals surface area contributed by atoms with Crippen molar-refractivity contribution in [3.05, 3.63) is 29.3 Å². The van der Waals surface area contributed by atoms with Crippen LogP contribution in [0.1, 0.15) is 35.7 Å². The molecule has 1 heterocycles. The van der Waals surface area contributed by atoms with Gasteiger partial charge in [0.15, 0.2) is 5.78 Å². The van der Waals surface area contributed by atoms with Gasteiger partial charge in [-0.1, -0.05) is 0 Å². The van der Waals surface area contributed by atoms with Crippen LogP contribution in [0, 0.1) is 0 Å². The van der Waals surface area contributed by atoms with E-state index in [1.807, 2.05) is 18.2 Å². The molecule has 3 heteroatoms. The van der Waals surface area contributed by atoms with Crippen molar-refractivity contribution in [3.63, 3.8) is 0 Å². The SMILES string of the molecule is CC(=O)c1ccc2c(c1)CC(CCCO)=N2. The van der Waals surface area contributed by atoms with Gasteiger partial charge < -0.3 is 5.11 Å². The van der Waals surface area contributed by atoms with Crippen LogP contribution in [0.15, 0.2) is 23.2 Å². The number of fused-ring (bicyclic) bond motifs is 1. The first kappa shape index (κ1) is 11.0. The summed E-state index contributed by atoms with van der Waals surface area (Å²) in [6.07, 6.45) is 2.41. The van der Waals surface area contributed by atoms with Gasteiger partial charge in [-0.3, -0.25) is 9.79 Å². The third kappa shape index (κ3) is 2.19. The molecule has 0 saturated carbocycles. The average Bonchev–Trinajstić information content (AvgIpc) is 2.67. The second kappa shape index (κ2) is 4.58. The fraction of sp³-hybridized carbons (Fsp3) is 0.385. The van der Waals surface area contributed by atoms with Gasteiger partial charge in [-0.2, -0.15) is 0 Å². The lowest BCUT2D eigenvalue weighted by molar-refractivity contribution is 0.101. The van der Waals surface area contributed by atoms with Crippen molar-refractivity contribution in [2.45, 2.75) is 26.2 Å². The number of hydrogen-bond acceptors (Lipinski definition) is 3. The average molecular weight is 217 g/mol. The summed E-state index contributed by atoms with van der Waals surface area (Å²) >= 11 is 0. The number of aliphatic hydroxyl groups excluding tert-OH is 1. The second-order valence-corrected chi connectivity index (χ2v) is 4.08. The molecule has 0 aliphatic carbocycles. The van der Waals surface area contributed by atoms with Gasteiger partial charge in [-0.05, 0) is 43.5 Å². The van der Waals surface area contributed by atoms with E-state index in [2.05, 4.69) is 4.99 Å². The van der Waals surface area contributed by atoms with E-state index in [1.54, 1.807) is 6.92 Å². The molecule has 1 N–H and O–H groups in total. The summed E-state index contributed by atoms with van der Waals surface area (Å²) in [6.45, 7) is 1.78. The highest BCUT2D eigenvalue weighted by molar-refractivity contribution is 5.98. The Morgan fingerprint density at radius 2 is 2.31 bits per heavy atom. The van der Waals surface area contributed by atoms with E-state index in [0.717, 1.165) is 41.8 Å². The first-order valence-corrected chi connectivity index (χ1v) is 5.52. The summed E-state index contributed by atoms with van der Waals surface area (Å²) < 4.78 is 0. The highest BCUT2D eigenvalue weighted by atomic mass is 16.2. The van der Waals surface area contributed by atoms with Crippen LogP contribution in [0.5, 0.6) is 0 Å². The van der Waals surface area contributed by atoms with Crippen LogP contribution in [-0.2, 0) is 6.42 Å². The highest BCUT2D eigenvalue weighted by Crippen LogP contribution is 2.28. The summed E-state index contributed by atoms with van der Waals surface area (Å²) in [5.74, 6) is 0.0895. The molecule has 0 bridgehead atoms. The van der Waals surface area contributed by atoms with E-state index in [4.69, 9.17) is 5.11 Å². The molecule has 84 valence electrons. The first-order chi connectivity index (χ1) is 7.70. The van der Waals surface area contributed by atoms with Crippen LogP contribution in [0.4, 0.5) is 5.69 Å². The third-order valence-electron chi connectivity index (χ3n) is 2.78. The Hall–Kier alpha value is -1.48. The zero-order valence-corrected chi connectivity index (χ0v) is 9.36. The Bertz CT molecular complexity index is 449. The molecule has 0 radical (unpaired) electrons. The molecule has 3 nitrogen and oxygen atoms in total. The van der Waals surface area contributed by atoms with Crippen LogP contribution in [0.3, 0.4) is 0 Å². The van der Waals surface area contributed by atoms with E-state index in [1.165, 1.54) is 0 Å². The predicted molar refractivity (Wildman–Crippen MR) is 63.6 cm³/mol. The van der Waals surface area contributed by atoms with Crippen LogP contribution in [-0.4, -0.2) is 23.2 Å². The zero-order chi connectivity index (χ0) is 11.5. The summed E-state index contributed by atoms with van der Waals surface area (Å²) in [6, 6.07) is 5.64. The molecule has 1 aliphatic rings. The Morgan fingerprint density at radius 3 is 3.00 bits per heavy atom. The topological polar surface area (TPSA) is 49.7 Å². The monoisotopic (exact) mass is 217 g/mol. The van der Waals surface area contributed by atoms with Gasteiger partial charge in [0, 0.05) is 24.3 Å². The molecule has 2 rings (SSSR count). The van der Waals surface area contributed by atoms with Crippen molar-refractivity contribution in [2.24, 2.45) is 4.99 Å². The number of aliphatic hydroxyl groups is 1. The highest BCUT2D eigenvalue weighted by Gasteiger charge is 2.15. The van der Waals surface area contributed by atoms with Gasteiger partial charge in [0.1, 0.15) is 0 Å². The van der Waals surface area contributed by atoms with Crippen molar-refractivity contribution >= 4 is 17.2 Å². The summed E-state index contributed by atoms with van der Waals surface area (Å²) in [7, 11) is 0. The minimum absolute atomic E-state index is 0.0895. The Kier molecular flexibility index (Phi) is 3.15. The molecule has 0 saturated heterocycles. The molecule has 0 unspecified atom stereocenters. The van der Waals surface area contributed by atoms with Crippen molar-refractivity contribution in [1.82, 2.24) is 0 Å². The third-order valence-corrected chi connectivity index (χ3v) is 2.78. The number of rotatable bonds is 4. The van der Waals surface area contributed by atoms with Crippen molar-refractivity contribution in [3.8, 4) is 0 Å². The quantitative estimate of drug-likeness (QED) is 0.787. The Balaban J connectivity index is 2.15. The lowest BCUT2D eigenvalue weighted by Gasteiger charge is -1.99. The van der Waals surface area contributed by atoms with Crippen molar-refractivity contribution in [2.75, 3.05) is 6.61 Å². The molecule has 1 aromatic rings. The molecule has 0 fully saturated rings. The zero-order valence-electron chi connectivity index (χ0n) is 9.36. The molecular weight excluding hydrogens is 202 g/mol. The molecule has 0 atom stereocenters. The fourth-order valence-electron chi connectivity index (χ4n) is 1.91. The Morgan fingerprint density at radius 1 is 1.50 bits per heavy atom. The maximum atomic E-state index is 11.2. The van der Waals surface area contributed by atoms with Crippen LogP contribution < -0.4 is 0 Å². The van der Waals surface area contributed by atoms with Gasteiger partial charge >= 0.3 is 0 Å². The smallest absolute Gasteiger partial charge is 0.159 e. The second-order valence-electron chi connectivity index (χ2n) is 4.08. The van der Waals surface area contributed by atoms with E-state index in [9.17, 15) is 4.79 Å². The molecule has 0 aromatic heterocycles. The lowest BCUT2D eigenvalue weighted by atomic mass is 10.0. The number of carbonyl (C=O) groups is 1. The fourth-order valence-corrected chi connectivity index (χ4v) is 1.91. The van der Waals surface area contributed by atoms with Crippen LogP contribution >= 0.6 is 0 Å². The number of benzene rings is 1. The Labute approximate surface area is 94.8 Å². The van der Waals surface area contributed by atoms with E-state index < -0.39 is 0 Å². The number of carbonyl (C=O) groups excluding carboxylic acids is 1. The molecule has 16 heavy (non-hydrogen) atoms. The predicted octanol–water partition coefficient (Wildman–Crippen LogP) is 2.29. The van der Waals surface area contributed by atoms with Gasteiger partial charge in [-0.15, -0.1) is 0 Å². The summed E-state index contributed by atoms with van der Waals surface area (Å²) in [5, 5.41) is 8.76. The molecular formula is C13H15NO2. The largest absolute Gasteiger partial charge is 0.396 e. The summed E-state index contributed by atoms with van der Waals surface area (Å²) in [4.78, 5) is 15.7. The molecule has 0 amide bonds. The van der Waals surface area contributed by atoms with Gasteiger partial charge in [0.25, 0.3) is 0 Å². The number of ketones is 1. The first-order valence-electron chi connectivity index (χ1n) is 5.52. The minimum Gasteiger partial charge on any atom is -0.396 e. The molecule has 1 aromatic carbocycles. The minimum atomic E-state index is 0.0895. The number of Topliss-reactive ketones (excluding diaryl/α,β-unsaturated/α-hetero) is 1. The number of nitrogens with zero attached hydrogens (tertiary/aromatic N) is 1. The van der Waals surface area contributed by atoms with Crippen LogP contribution in [0.2, 0.25) is 0 Å². The molecule has 0 spiro atoms. The van der Waals surface area contributed by atoms with E-state index >= 15 is 0 Å².